The third-order valence-corrected chi connectivity index (χ3v) is 3.69. The molecule has 0 heterocycles. The fourth-order valence-electron chi connectivity index (χ4n) is 1.66. The minimum Gasteiger partial charge on any atom is -0.506 e. The second-order valence-electron chi connectivity index (χ2n) is 3.73. The van der Waals surface area contributed by atoms with E-state index in [0.717, 1.165) is 0 Å². The average Bonchev–Trinajstić information content (AvgIpc) is 2.27. The average molecular weight is 285 g/mol. The molecule has 0 aliphatic rings. The molecular weight excluding hydrogens is 275 g/mol. The Morgan fingerprint density at radius 1 is 1.06 bits per heavy atom. The predicted octanol–water partition coefficient (Wildman–Crippen LogP) is 2.52. The molecule has 0 amide bonds. The van der Waals surface area contributed by atoms with Gasteiger partial charge in [-0.2, -0.15) is 0 Å². The second kappa shape index (κ2) is 4.75. The van der Waals surface area contributed by atoms with Crippen molar-refractivity contribution in [1.29, 1.82) is 0 Å². The van der Waals surface area contributed by atoms with Gasteiger partial charge in [0.05, 0.1) is 0 Å². The number of benzene rings is 2. The first-order valence-electron chi connectivity index (χ1n) is 5.03. The topological polar surface area (TPSA) is 77.8 Å². The molecule has 0 saturated carbocycles. The van der Waals surface area contributed by atoms with Crippen LogP contribution in [0.2, 0.25) is 5.02 Å². The number of hydrogen-bond donors (Lipinski definition) is 3. The van der Waals surface area contributed by atoms with Crippen LogP contribution in [0.25, 0.3) is 11.1 Å². The molecule has 0 aliphatic carbocycles. The first kappa shape index (κ1) is 13.1. The first-order valence-corrected chi connectivity index (χ1v) is 7.02. The summed E-state index contributed by atoms with van der Waals surface area (Å²) in [5.41, 5.74) is 0.925. The minimum absolute atomic E-state index is 0.332. The van der Waals surface area contributed by atoms with Gasteiger partial charge in [0.15, 0.2) is 0 Å². The Morgan fingerprint density at radius 3 is 2.33 bits per heavy atom. The quantitative estimate of drug-likeness (QED) is 0.741. The molecule has 0 bridgehead atoms. The van der Waals surface area contributed by atoms with Gasteiger partial charge < -0.3 is 14.9 Å². The summed E-state index contributed by atoms with van der Waals surface area (Å²) in [5.74, 6) is -0.423. The number of para-hydroxylation sites is 1. The first-order chi connectivity index (χ1) is 8.39. The summed E-state index contributed by atoms with van der Waals surface area (Å²) in [6.07, 6.45) is 0. The van der Waals surface area contributed by atoms with Crippen molar-refractivity contribution in [2.75, 3.05) is 0 Å². The molecule has 0 radical (unpaired) electrons. The highest BCUT2D eigenvalue weighted by atomic mass is 35.5. The van der Waals surface area contributed by atoms with E-state index in [1.165, 1.54) is 12.1 Å². The maximum atomic E-state index is 11.2. The summed E-state index contributed by atoms with van der Waals surface area (Å²) in [5, 5.41) is 10.0. The van der Waals surface area contributed by atoms with Crippen LogP contribution in [0.5, 0.6) is 5.75 Å². The summed E-state index contributed by atoms with van der Waals surface area (Å²) in [7, 11) is -4.50. The smallest absolute Gasteiger partial charge is 0.359 e. The van der Waals surface area contributed by atoms with Gasteiger partial charge in [-0.25, -0.2) is 0 Å². The van der Waals surface area contributed by atoms with Gasteiger partial charge in [-0.15, -0.1) is 0 Å². The van der Waals surface area contributed by atoms with E-state index >= 15 is 0 Å². The van der Waals surface area contributed by atoms with Crippen LogP contribution >= 0.6 is 19.2 Å². The van der Waals surface area contributed by atoms with E-state index in [1.807, 2.05) is 0 Å². The zero-order valence-electron chi connectivity index (χ0n) is 9.12. The lowest BCUT2D eigenvalue weighted by atomic mass is 10.1. The van der Waals surface area contributed by atoms with E-state index in [1.54, 1.807) is 30.3 Å². The van der Waals surface area contributed by atoms with Gasteiger partial charge >= 0.3 is 7.60 Å². The van der Waals surface area contributed by atoms with Crippen LogP contribution in [0.15, 0.2) is 42.5 Å². The molecule has 94 valence electrons. The fraction of sp³-hybridized carbons (Fsp3) is 0. The van der Waals surface area contributed by atoms with Gasteiger partial charge in [-0.3, -0.25) is 4.57 Å². The van der Waals surface area contributed by atoms with Crippen LogP contribution < -0.4 is 5.30 Å². The molecular formula is C12H10ClO4P. The largest absolute Gasteiger partial charge is 0.506 e. The van der Waals surface area contributed by atoms with Gasteiger partial charge in [0.25, 0.3) is 0 Å². The third-order valence-electron chi connectivity index (χ3n) is 2.46. The monoisotopic (exact) mass is 284 g/mol. The van der Waals surface area contributed by atoms with Crippen molar-refractivity contribution in [3.05, 3.63) is 47.5 Å². The molecule has 0 aliphatic heterocycles. The van der Waals surface area contributed by atoms with E-state index in [0.29, 0.717) is 16.1 Å². The predicted molar refractivity (Wildman–Crippen MR) is 70.2 cm³/mol. The van der Waals surface area contributed by atoms with Crippen LogP contribution in [0.3, 0.4) is 0 Å². The highest BCUT2D eigenvalue weighted by Crippen LogP contribution is 2.40. The van der Waals surface area contributed by atoms with Crippen molar-refractivity contribution in [2.45, 2.75) is 0 Å². The van der Waals surface area contributed by atoms with Crippen LogP contribution in [0, 0.1) is 0 Å². The molecule has 0 spiro atoms. The molecule has 0 aromatic heterocycles. The van der Waals surface area contributed by atoms with E-state index < -0.39 is 13.3 Å². The lowest BCUT2D eigenvalue weighted by Gasteiger charge is -2.11. The Kier molecular flexibility index (Phi) is 3.46. The molecule has 6 heteroatoms. The third kappa shape index (κ3) is 2.57. The van der Waals surface area contributed by atoms with E-state index in [2.05, 4.69) is 0 Å². The highest BCUT2D eigenvalue weighted by molar-refractivity contribution is 7.60. The molecule has 0 fully saturated rings. The summed E-state index contributed by atoms with van der Waals surface area (Å²) in [4.78, 5) is 18.2. The van der Waals surface area contributed by atoms with Crippen LogP contribution in [0.4, 0.5) is 0 Å². The Labute approximate surface area is 109 Å². The summed E-state index contributed by atoms with van der Waals surface area (Å²) < 4.78 is 11.2. The molecule has 0 unspecified atom stereocenters. The summed E-state index contributed by atoms with van der Waals surface area (Å²) >= 11 is 5.84. The molecule has 3 N–H and O–H groups in total. The van der Waals surface area contributed by atoms with Gasteiger partial charge in [0.2, 0.25) is 0 Å². The SMILES string of the molecule is O=P(O)(O)c1cccc(-c2cccc(Cl)c2)c1O. The lowest BCUT2D eigenvalue weighted by molar-refractivity contribution is 0.384. The zero-order chi connectivity index (χ0) is 13.3. The van der Waals surface area contributed by atoms with Crippen molar-refractivity contribution < 1.29 is 19.5 Å². The van der Waals surface area contributed by atoms with E-state index in [9.17, 15) is 9.67 Å². The van der Waals surface area contributed by atoms with Crippen LogP contribution in [-0.2, 0) is 4.57 Å². The molecule has 2 rings (SSSR count). The molecule has 0 atom stereocenters. The van der Waals surface area contributed by atoms with Crippen LogP contribution in [-0.4, -0.2) is 14.9 Å². The number of hydrogen-bond acceptors (Lipinski definition) is 2. The van der Waals surface area contributed by atoms with Crippen molar-refractivity contribution >= 4 is 24.5 Å². The maximum Gasteiger partial charge on any atom is 0.359 e. The molecule has 0 saturated heterocycles. The summed E-state index contributed by atoms with van der Waals surface area (Å²) in [6.45, 7) is 0. The van der Waals surface area contributed by atoms with Crippen molar-refractivity contribution in [3.63, 3.8) is 0 Å². The molecule has 2 aromatic rings. The van der Waals surface area contributed by atoms with Crippen LogP contribution in [0.1, 0.15) is 0 Å². The number of phenols is 1. The minimum atomic E-state index is -4.50. The van der Waals surface area contributed by atoms with Gasteiger partial charge in [0.1, 0.15) is 11.1 Å². The Hall–Kier alpha value is -1.32. The Balaban J connectivity index is 2.64. The number of halogens is 1. The molecule has 4 nitrogen and oxygen atoms in total. The Bertz CT molecular complexity index is 636. The second-order valence-corrected chi connectivity index (χ2v) is 5.73. The van der Waals surface area contributed by atoms with E-state index in [-0.39, 0.29) is 5.30 Å². The Morgan fingerprint density at radius 2 is 1.72 bits per heavy atom. The summed E-state index contributed by atoms with van der Waals surface area (Å²) in [6, 6.07) is 10.9. The van der Waals surface area contributed by atoms with Crippen molar-refractivity contribution in [3.8, 4) is 16.9 Å². The zero-order valence-corrected chi connectivity index (χ0v) is 10.8. The lowest BCUT2D eigenvalue weighted by Crippen LogP contribution is -2.05. The van der Waals surface area contributed by atoms with Gasteiger partial charge in [0, 0.05) is 10.6 Å². The highest BCUT2D eigenvalue weighted by Gasteiger charge is 2.23. The number of phenolic OH excluding ortho intramolecular Hbond substituents is 1. The maximum absolute atomic E-state index is 11.2. The standard InChI is InChI=1S/C12H10ClO4P/c13-9-4-1-3-8(7-9)10-5-2-6-11(12(10)14)18(15,16)17/h1-7,14H,(H2,15,16,17). The fourth-order valence-corrected chi connectivity index (χ4v) is 2.52. The normalized spacial score (nSPS) is 11.5. The molecule has 2 aromatic carbocycles. The number of aromatic hydroxyl groups is 1. The molecule has 18 heavy (non-hydrogen) atoms. The van der Waals surface area contributed by atoms with Gasteiger partial charge in [-0.1, -0.05) is 35.9 Å². The van der Waals surface area contributed by atoms with E-state index in [4.69, 9.17) is 21.4 Å². The van der Waals surface area contributed by atoms with Gasteiger partial charge in [-0.05, 0) is 23.8 Å². The van der Waals surface area contributed by atoms with Crippen molar-refractivity contribution in [1.82, 2.24) is 0 Å². The number of rotatable bonds is 2. The van der Waals surface area contributed by atoms with Crippen molar-refractivity contribution in [2.24, 2.45) is 0 Å².